The van der Waals surface area contributed by atoms with Crippen LogP contribution in [0.15, 0.2) is 47.2 Å². The third-order valence-electron chi connectivity index (χ3n) is 4.33. The minimum atomic E-state index is -0.509. The zero-order chi connectivity index (χ0) is 21.7. The van der Waals surface area contributed by atoms with Crippen molar-refractivity contribution in [3.05, 3.63) is 47.2 Å². The Morgan fingerprint density at radius 2 is 1.53 bits per heavy atom. The summed E-state index contributed by atoms with van der Waals surface area (Å²) in [4.78, 5) is 19.4. The highest BCUT2D eigenvalue weighted by Crippen LogP contribution is 2.24. The van der Waals surface area contributed by atoms with E-state index in [-0.39, 0.29) is 6.04 Å². The van der Waals surface area contributed by atoms with Crippen LogP contribution in [-0.2, 0) is 0 Å². The molecule has 0 bridgehead atoms. The molecular formula is C20H25BrN8O. The molecule has 1 aromatic carbocycles. The average Bonchev–Trinajstić information content (AvgIpc) is 2.72. The van der Waals surface area contributed by atoms with Gasteiger partial charge >= 0.3 is 0 Å². The van der Waals surface area contributed by atoms with Crippen LogP contribution in [0.1, 0.15) is 13.8 Å². The van der Waals surface area contributed by atoms with Crippen molar-refractivity contribution in [2.75, 3.05) is 34.9 Å². The van der Waals surface area contributed by atoms with Crippen molar-refractivity contribution in [1.82, 2.24) is 19.9 Å². The molecule has 0 amide bonds. The molecule has 0 fully saturated rings. The van der Waals surface area contributed by atoms with Crippen LogP contribution in [0.3, 0.4) is 0 Å². The van der Waals surface area contributed by atoms with Crippen LogP contribution >= 0.6 is 15.9 Å². The second-order valence-corrected chi connectivity index (χ2v) is 7.88. The largest absolute Gasteiger partial charge is 0.391 e. The van der Waals surface area contributed by atoms with Crippen LogP contribution < -0.4 is 20.9 Å². The molecule has 0 saturated heterocycles. The standard InChI is InChI=1S/C20H25BrN8O/c1-12(13(2)30)24-18-16(21)11-23-20(28-18)26-15-7-5-14(6-8-15)25-19-22-10-9-17(27-19)29(3)4/h5-13,30H,1-4H3,(H,22,25,27)(H2,23,24,26,28)/t12-,13-/m1/s1. The van der Waals surface area contributed by atoms with Gasteiger partial charge in [0.15, 0.2) is 0 Å². The van der Waals surface area contributed by atoms with Crippen LogP contribution in [0.25, 0.3) is 0 Å². The molecule has 0 radical (unpaired) electrons. The van der Waals surface area contributed by atoms with Crippen LogP contribution in [0, 0.1) is 0 Å². The quantitative estimate of drug-likeness (QED) is 0.389. The molecule has 0 aliphatic rings. The van der Waals surface area contributed by atoms with Crippen LogP contribution in [0.2, 0.25) is 0 Å². The fourth-order valence-electron chi connectivity index (χ4n) is 2.42. The predicted molar refractivity (Wildman–Crippen MR) is 124 cm³/mol. The highest BCUT2D eigenvalue weighted by atomic mass is 79.9. The maximum Gasteiger partial charge on any atom is 0.229 e. The summed E-state index contributed by atoms with van der Waals surface area (Å²) in [5.41, 5.74) is 1.70. The van der Waals surface area contributed by atoms with E-state index in [1.807, 2.05) is 56.3 Å². The van der Waals surface area contributed by atoms with Gasteiger partial charge in [-0.15, -0.1) is 0 Å². The van der Waals surface area contributed by atoms with E-state index in [0.717, 1.165) is 21.7 Å². The topological polar surface area (TPSA) is 111 Å². The molecule has 10 heteroatoms. The number of anilines is 6. The van der Waals surface area contributed by atoms with Gasteiger partial charge in [0.05, 0.1) is 16.6 Å². The molecule has 2 atom stereocenters. The van der Waals surface area contributed by atoms with Gasteiger partial charge in [0, 0.05) is 37.9 Å². The van der Waals surface area contributed by atoms with Gasteiger partial charge in [-0.2, -0.15) is 9.97 Å². The Labute approximate surface area is 184 Å². The van der Waals surface area contributed by atoms with E-state index in [1.165, 1.54) is 0 Å². The summed E-state index contributed by atoms with van der Waals surface area (Å²) in [6.45, 7) is 3.61. The van der Waals surface area contributed by atoms with Crippen molar-refractivity contribution in [3.63, 3.8) is 0 Å². The van der Waals surface area contributed by atoms with Crippen molar-refractivity contribution >= 4 is 50.8 Å². The summed E-state index contributed by atoms with van der Waals surface area (Å²) in [6, 6.07) is 9.36. The van der Waals surface area contributed by atoms with Crippen LogP contribution in [0.5, 0.6) is 0 Å². The third-order valence-corrected chi connectivity index (χ3v) is 4.91. The van der Waals surface area contributed by atoms with Gasteiger partial charge < -0.3 is 26.0 Å². The fourth-order valence-corrected chi connectivity index (χ4v) is 2.72. The summed E-state index contributed by atoms with van der Waals surface area (Å²) in [7, 11) is 3.87. The van der Waals surface area contributed by atoms with Gasteiger partial charge in [0.2, 0.25) is 11.9 Å². The molecule has 2 heterocycles. The van der Waals surface area contributed by atoms with Crippen molar-refractivity contribution in [1.29, 1.82) is 0 Å². The zero-order valence-electron chi connectivity index (χ0n) is 17.3. The van der Waals surface area contributed by atoms with E-state index in [0.29, 0.717) is 17.7 Å². The minimum Gasteiger partial charge on any atom is -0.391 e. The molecule has 0 spiro atoms. The lowest BCUT2D eigenvalue weighted by Crippen LogP contribution is -2.28. The van der Waals surface area contributed by atoms with E-state index in [1.54, 1.807) is 19.3 Å². The predicted octanol–water partition coefficient (Wildman–Crippen LogP) is 3.76. The lowest BCUT2D eigenvalue weighted by molar-refractivity contribution is 0.177. The number of rotatable bonds is 8. The summed E-state index contributed by atoms with van der Waals surface area (Å²) >= 11 is 3.43. The summed E-state index contributed by atoms with van der Waals surface area (Å²) in [5.74, 6) is 2.41. The number of halogens is 1. The lowest BCUT2D eigenvalue weighted by atomic mass is 10.2. The van der Waals surface area contributed by atoms with Crippen molar-refractivity contribution < 1.29 is 5.11 Å². The van der Waals surface area contributed by atoms with Gasteiger partial charge in [0.25, 0.3) is 0 Å². The van der Waals surface area contributed by atoms with E-state index in [4.69, 9.17) is 0 Å². The maximum absolute atomic E-state index is 9.70. The molecule has 2 aromatic heterocycles. The second kappa shape index (κ2) is 9.68. The summed E-state index contributed by atoms with van der Waals surface area (Å²) in [6.07, 6.45) is 2.87. The maximum atomic E-state index is 9.70. The Morgan fingerprint density at radius 3 is 2.10 bits per heavy atom. The Bertz CT molecular complexity index is 981. The average molecular weight is 473 g/mol. The first-order valence-electron chi connectivity index (χ1n) is 9.43. The van der Waals surface area contributed by atoms with E-state index >= 15 is 0 Å². The molecule has 3 aromatic rings. The molecule has 30 heavy (non-hydrogen) atoms. The number of nitrogens with zero attached hydrogens (tertiary/aromatic N) is 5. The normalized spacial score (nSPS) is 12.7. The van der Waals surface area contributed by atoms with E-state index in [9.17, 15) is 5.11 Å². The zero-order valence-corrected chi connectivity index (χ0v) is 18.8. The Morgan fingerprint density at radius 1 is 0.933 bits per heavy atom. The van der Waals surface area contributed by atoms with Gasteiger partial charge in [0.1, 0.15) is 11.6 Å². The second-order valence-electron chi connectivity index (χ2n) is 7.02. The molecule has 9 nitrogen and oxygen atoms in total. The SMILES string of the molecule is C[C@@H](O)[C@@H](C)Nc1nc(Nc2ccc(Nc3nccc(N(C)C)n3)cc2)ncc1Br. The number of aliphatic hydroxyl groups excluding tert-OH is 1. The smallest absolute Gasteiger partial charge is 0.229 e. The molecule has 4 N–H and O–H groups in total. The number of hydrogen-bond acceptors (Lipinski definition) is 9. The van der Waals surface area contributed by atoms with Crippen LogP contribution in [0.4, 0.5) is 34.9 Å². The molecule has 0 aliphatic heterocycles. The van der Waals surface area contributed by atoms with Gasteiger partial charge in [-0.05, 0) is 60.1 Å². The molecule has 0 unspecified atom stereocenters. The minimum absolute atomic E-state index is 0.150. The molecule has 0 aliphatic carbocycles. The lowest BCUT2D eigenvalue weighted by Gasteiger charge is -2.18. The fraction of sp³-hybridized carbons (Fsp3) is 0.300. The number of aliphatic hydroxyl groups is 1. The third kappa shape index (κ3) is 5.77. The van der Waals surface area contributed by atoms with Crippen molar-refractivity contribution in [2.24, 2.45) is 0 Å². The Kier molecular flexibility index (Phi) is 7.01. The number of hydrogen-bond donors (Lipinski definition) is 4. The molecular weight excluding hydrogens is 448 g/mol. The first-order chi connectivity index (χ1) is 14.3. The summed E-state index contributed by atoms with van der Waals surface area (Å²) < 4.78 is 0.722. The highest BCUT2D eigenvalue weighted by molar-refractivity contribution is 9.10. The molecule has 0 saturated carbocycles. The highest BCUT2D eigenvalue weighted by Gasteiger charge is 2.12. The molecule has 158 valence electrons. The monoisotopic (exact) mass is 472 g/mol. The summed E-state index contributed by atoms with van der Waals surface area (Å²) in [5, 5.41) is 19.2. The Balaban J connectivity index is 1.68. The van der Waals surface area contributed by atoms with Crippen molar-refractivity contribution in [3.8, 4) is 0 Å². The number of aromatic nitrogens is 4. The molecule has 3 rings (SSSR count). The van der Waals surface area contributed by atoms with Crippen molar-refractivity contribution in [2.45, 2.75) is 26.0 Å². The number of nitrogens with one attached hydrogen (secondary N) is 3. The number of benzene rings is 1. The first kappa shape index (κ1) is 21.7. The van der Waals surface area contributed by atoms with Crippen LogP contribution in [-0.4, -0.2) is 51.3 Å². The van der Waals surface area contributed by atoms with Gasteiger partial charge in [-0.3, -0.25) is 0 Å². The van der Waals surface area contributed by atoms with Gasteiger partial charge in [-0.1, -0.05) is 0 Å². The first-order valence-corrected chi connectivity index (χ1v) is 10.2. The van der Waals surface area contributed by atoms with E-state index < -0.39 is 6.10 Å². The Hall–Kier alpha value is -2.98. The van der Waals surface area contributed by atoms with Gasteiger partial charge in [-0.25, -0.2) is 9.97 Å². The van der Waals surface area contributed by atoms with E-state index in [2.05, 4.69) is 51.8 Å².